The van der Waals surface area contributed by atoms with Gasteiger partial charge in [-0.05, 0) is 45.4 Å². The number of carbonyl (C=O) groups excluding carboxylic acids is 1. The van der Waals surface area contributed by atoms with Crippen LogP contribution in [0.1, 0.15) is 31.9 Å². The minimum Gasteiger partial charge on any atom is -0.457 e. The Kier molecular flexibility index (Phi) is 5.10. The lowest BCUT2D eigenvalue weighted by atomic mass is 9.90. The van der Waals surface area contributed by atoms with E-state index in [2.05, 4.69) is 4.98 Å². The topological polar surface area (TPSA) is 86.5 Å². The van der Waals surface area contributed by atoms with Crippen LogP contribution in [0.4, 0.5) is 5.82 Å². The number of anilines is 1. The molecule has 2 aromatic rings. The fourth-order valence-electron chi connectivity index (χ4n) is 2.32. The number of hydroxylamine groups is 1. The van der Waals surface area contributed by atoms with Crippen molar-refractivity contribution in [2.24, 2.45) is 0 Å². The Morgan fingerprint density at radius 3 is 2.40 bits per heavy atom. The van der Waals surface area contributed by atoms with Gasteiger partial charge in [0, 0.05) is 11.8 Å². The number of nitriles is 1. The van der Waals surface area contributed by atoms with E-state index < -0.39 is 17.1 Å². The van der Waals surface area contributed by atoms with Gasteiger partial charge in [0.2, 0.25) is 0 Å². The van der Waals surface area contributed by atoms with E-state index in [0.29, 0.717) is 5.06 Å². The van der Waals surface area contributed by atoms with Crippen molar-refractivity contribution in [3.63, 3.8) is 0 Å². The average Bonchev–Trinajstić information content (AvgIpc) is 2.55. The zero-order chi connectivity index (χ0) is 18.7. The van der Waals surface area contributed by atoms with E-state index >= 15 is 0 Å². The molecule has 0 amide bonds. The molecular formula is C19H21N3O3. The van der Waals surface area contributed by atoms with E-state index in [9.17, 15) is 15.3 Å². The quantitative estimate of drug-likeness (QED) is 0.679. The SMILES string of the molecule is Cc1ccnc(N(O)[C@@](C#N)(C(=O)OC(C)(C)C)c2ccccc2)c1. The number of nitrogens with zero attached hydrogens (tertiary/aromatic N) is 3. The second-order valence-electron chi connectivity index (χ2n) is 6.69. The van der Waals surface area contributed by atoms with Crippen molar-refractivity contribution in [3.05, 3.63) is 59.8 Å². The normalized spacial score (nSPS) is 13.4. The minimum absolute atomic E-state index is 0.0799. The first-order valence-corrected chi connectivity index (χ1v) is 7.83. The maximum absolute atomic E-state index is 12.9. The van der Waals surface area contributed by atoms with Crippen LogP contribution in [0.25, 0.3) is 0 Å². The maximum atomic E-state index is 12.9. The third-order valence-corrected chi connectivity index (χ3v) is 3.48. The molecule has 1 heterocycles. The lowest BCUT2D eigenvalue weighted by molar-refractivity contribution is -0.162. The number of esters is 1. The zero-order valence-corrected chi connectivity index (χ0v) is 14.7. The van der Waals surface area contributed by atoms with E-state index in [-0.39, 0.29) is 11.4 Å². The highest BCUT2D eigenvalue weighted by Gasteiger charge is 2.50. The highest BCUT2D eigenvalue weighted by Crippen LogP contribution is 2.33. The Labute approximate surface area is 147 Å². The summed E-state index contributed by atoms with van der Waals surface area (Å²) in [5.41, 5.74) is -1.78. The summed E-state index contributed by atoms with van der Waals surface area (Å²) in [4.78, 5) is 17.0. The molecule has 130 valence electrons. The van der Waals surface area contributed by atoms with Gasteiger partial charge in [-0.1, -0.05) is 30.3 Å². The van der Waals surface area contributed by atoms with E-state index in [1.165, 1.54) is 6.20 Å². The number of aryl methyl sites for hydroxylation is 1. The second kappa shape index (κ2) is 6.91. The first kappa shape index (κ1) is 18.4. The molecule has 0 aliphatic rings. The number of carbonyl (C=O) groups is 1. The van der Waals surface area contributed by atoms with Crippen LogP contribution in [0.3, 0.4) is 0 Å². The van der Waals surface area contributed by atoms with Crippen molar-refractivity contribution in [1.29, 1.82) is 5.26 Å². The van der Waals surface area contributed by atoms with Gasteiger partial charge in [-0.15, -0.1) is 0 Å². The molecule has 25 heavy (non-hydrogen) atoms. The molecule has 6 heteroatoms. The standard InChI is InChI=1S/C19H21N3O3/c1-14-10-11-21-16(12-14)22(24)19(13-20,15-8-6-5-7-9-15)17(23)25-18(2,3)4/h5-12,24H,1-4H3/t19-/m1/s1. The first-order valence-electron chi connectivity index (χ1n) is 7.83. The van der Waals surface area contributed by atoms with E-state index in [1.807, 2.05) is 13.0 Å². The summed E-state index contributed by atoms with van der Waals surface area (Å²) >= 11 is 0. The molecule has 6 nitrogen and oxygen atoms in total. The van der Waals surface area contributed by atoms with Crippen LogP contribution >= 0.6 is 0 Å². The molecule has 0 radical (unpaired) electrons. The Balaban J connectivity index is 2.63. The van der Waals surface area contributed by atoms with Crippen molar-refractivity contribution in [1.82, 2.24) is 4.98 Å². The van der Waals surface area contributed by atoms with Crippen LogP contribution in [-0.2, 0) is 15.1 Å². The van der Waals surface area contributed by atoms with Gasteiger partial charge in [0.1, 0.15) is 11.7 Å². The predicted octanol–water partition coefficient (Wildman–Crippen LogP) is 3.35. The van der Waals surface area contributed by atoms with Gasteiger partial charge in [-0.2, -0.15) is 5.26 Å². The van der Waals surface area contributed by atoms with Crippen molar-refractivity contribution >= 4 is 11.8 Å². The number of hydrogen-bond donors (Lipinski definition) is 1. The maximum Gasteiger partial charge on any atom is 0.354 e. The summed E-state index contributed by atoms with van der Waals surface area (Å²) in [5.74, 6) is -0.796. The number of pyridine rings is 1. The number of ether oxygens (including phenoxy) is 1. The van der Waals surface area contributed by atoms with E-state index in [0.717, 1.165) is 5.56 Å². The minimum atomic E-state index is -2.07. The Bertz CT molecular complexity index is 794. The predicted molar refractivity (Wildman–Crippen MR) is 92.8 cm³/mol. The third-order valence-electron chi connectivity index (χ3n) is 3.48. The van der Waals surface area contributed by atoms with Crippen molar-refractivity contribution in [2.75, 3.05) is 5.06 Å². The molecule has 0 fully saturated rings. The Morgan fingerprint density at radius 2 is 1.88 bits per heavy atom. The van der Waals surface area contributed by atoms with Crippen LogP contribution < -0.4 is 5.06 Å². The van der Waals surface area contributed by atoms with Gasteiger partial charge in [0.25, 0.3) is 5.54 Å². The molecule has 0 saturated carbocycles. The summed E-state index contributed by atoms with van der Waals surface area (Å²) in [6, 6.07) is 13.6. The molecule has 1 N–H and O–H groups in total. The van der Waals surface area contributed by atoms with Crippen LogP contribution in [-0.4, -0.2) is 21.8 Å². The number of rotatable bonds is 4. The van der Waals surface area contributed by atoms with Crippen molar-refractivity contribution in [3.8, 4) is 6.07 Å². The van der Waals surface area contributed by atoms with E-state index in [1.54, 1.807) is 63.2 Å². The third kappa shape index (κ3) is 3.78. The smallest absolute Gasteiger partial charge is 0.354 e. The Morgan fingerprint density at radius 1 is 1.24 bits per heavy atom. The molecule has 0 saturated heterocycles. The van der Waals surface area contributed by atoms with Gasteiger partial charge in [-0.25, -0.2) is 14.8 Å². The molecule has 0 bridgehead atoms. The highest BCUT2D eigenvalue weighted by molar-refractivity contribution is 5.90. The summed E-state index contributed by atoms with van der Waals surface area (Å²) in [7, 11) is 0. The number of aromatic nitrogens is 1. The molecule has 0 aliphatic heterocycles. The molecule has 1 atom stereocenters. The van der Waals surface area contributed by atoms with Crippen molar-refractivity contribution in [2.45, 2.75) is 38.8 Å². The summed E-state index contributed by atoms with van der Waals surface area (Å²) in [6.45, 7) is 6.92. The van der Waals surface area contributed by atoms with Gasteiger partial charge in [-0.3, -0.25) is 5.21 Å². The number of benzene rings is 1. The van der Waals surface area contributed by atoms with E-state index in [4.69, 9.17) is 4.74 Å². The lowest BCUT2D eigenvalue weighted by Crippen LogP contribution is -2.52. The molecule has 2 rings (SSSR count). The van der Waals surface area contributed by atoms with Gasteiger partial charge in [0.05, 0.1) is 0 Å². The van der Waals surface area contributed by atoms with Crippen LogP contribution in [0, 0.1) is 18.3 Å². The number of hydrogen-bond acceptors (Lipinski definition) is 6. The monoisotopic (exact) mass is 339 g/mol. The second-order valence-corrected chi connectivity index (χ2v) is 6.69. The lowest BCUT2D eigenvalue weighted by Gasteiger charge is -2.35. The zero-order valence-electron chi connectivity index (χ0n) is 14.7. The molecule has 0 spiro atoms. The largest absolute Gasteiger partial charge is 0.457 e. The molecule has 1 aromatic carbocycles. The summed E-state index contributed by atoms with van der Waals surface area (Å²) in [5, 5.41) is 21.3. The van der Waals surface area contributed by atoms with Crippen LogP contribution in [0.15, 0.2) is 48.7 Å². The fourth-order valence-corrected chi connectivity index (χ4v) is 2.32. The molecule has 0 aliphatic carbocycles. The first-order chi connectivity index (χ1) is 11.7. The van der Waals surface area contributed by atoms with Crippen LogP contribution in [0.5, 0.6) is 0 Å². The molecular weight excluding hydrogens is 318 g/mol. The highest BCUT2D eigenvalue weighted by atomic mass is 16.6. The molecule has 0 unspecified atom stereocenters. The summed E-state index contributed by atoms with van der Waals surface area (Å²) in [6.07, 6.45) is 1.50. The average molecular weight is 339 g/mol. The van der Waals surface area contributed by atoms with Gasteiger partial charge in [0.15, 0.2) is 5.82 Å². The van der Waals surface area contributed by atoms with Gasteiger partial charge < -0.3 is 4.74 Å². The van der Waals surface area contributed by atoms with Crippen molar-refractivity contribution < 1.29 is 14.7 Å². The Hall–Kier alpha value is -2.91. The summed E-state index contributed by atoms with van der Waals surface area (Å²) < 4.78 is 5.43. The van der Waals surface area contributed by atoms with Gasteiger partial charge >= 0.3 is 5.97 Å². The van der Waals surface area contributed by atoms with Crippen LogP contribution in [0.2, 0.25) is 0 Å². The fraction of sp³-hybridized carbons (Fsp3) is 0.316. The molecule has 1 aromatic heterocycles.